The molecule has 0 saturated carbocycles. The van der Waals surface area contributed by atoms with E-state index in [-0.39, 0.29) is 38.6 Å². The van der Waals surface area contributed by atoms with E-state index in [1.54, 1.807) is 0 Å². The molecular formula is C73H130NO8P. The molecular weight excluding hydrogens is 1050 g/mol. The van der Waals surface area contributed by atoms with Crippen LogP contribution in [0.2, 0.25) is 0 Å². The number of hydrogen-bond donors (Lipinski definition) is 2. The van der Waals surface area contributed by atoms with E-state index in [4.69, 9.17) is 24.3 Å². The van der Waals surface area contributed by atoms with Gasteiger partial charge in [0.25, 0.3) is 0 Å². The van der Waals surface area contributed by atoms with Crippen LogP contribution in [0.1, 0.15) is 322 Å². The van der Waals surface area contributed by atoms with E-state index in [0.29, 0.717) is 6.42 Å². The molecule has 0 aliphatic rings. The van der Waals surface area contributed by atoms with Gasteiger partial charge in [-0.25, -0.2) is 4.57 Å². The Morgan fingerprint density at radius 3 is 0.928 bits per heavy atom. The molecule has 0 amide bonds. The van der Waals surface area contributed by atoms with Gasteiger partial charge in [-0.05, 0) is 89.9 Å². The van der Waals surface area contributed by atoms with E-state index in [1.807, 2.05) is 0 Å². The summed E-state index contributed by atoms with van der Waals surface area (Å²) >= 11 is 0. The molecule has 0 aromatic heterocycles. The summed E-state index contributed by atoms with van der Waals surface area (Å²) in [6.07, 6.45) is 92.2. The maximum absolute atomic E-state index is 12.8. The highest BCUT2D eigenvalue weighted by molar-refractivity contribution is 7.47. The number of carbonyl (C=O) groups is 2. The number of allylic oxidation sites excluding steroid dienone is 16. The van der Waals surface area contributed by atoms with Gasteiger partial charge in [-0.15, -0.1) is 0 Å². The molecule has 0 spiro atoms. The number of unbranched alkanes of at least 4 members (excludes halogenated alkanes) is 36. The second kappa shape index (κ2) is 68.0. The third-order valence-corrected chi connectivity index (χ3v) is 15.9. The minimum atomic E-state index is -4.40. The summed E-state index contributed by atoms with van der Waals surface area (Å²) in [5, 5.41) is 0. The maximum atomic E-state index is 12.8. The molecule has 3 N–H and O–H groups in total. The number of hydrogen-bond acceptors (Lipinski definition) is 8. The van der Waals surface area contributed by atoms with Gasteiger partial charge in [0.1, 0.15) is 6.61 Å². The predicted octanol–water partition coefficient (Wildman–Crippen LogP) is 22.7. The summed E-state index contributed by atoms with van der Waals surface area (Å²) in [5.74, 6) is -0.816. The van der Waals surface area contributed by atoms with Crippen molar-refractivity contribution in [1.29, 1.82) is 0 Å². The molecule has 2 unspecified atom stereocenters. The zero-order valence-electron chi connectivity index (χ0n) is 53.9. The number of phosphoric acid groups is 1. The number of phosphoric ester groups is 1. The Balaban J connectivity index is 3.84. The zero-order valence-corrected chi connectivity index (χ0v) is 54.8. The van der Waals surface area contributed by atoms with Crippen LogP contribution < -0.4 is 5.73 Å². The van der Waals surface area contributed by atoms with Crippen molar-refractivity contribution in [2.24, 2.45) is 5.73 Å². The Kier molecular flexibility index (Phi) is 65.5. The van der Waals surface area contributed by atoms with Crippen molar-refractivity contribution < 1.29 is 37.6 Å². The van der Waals surface area contributed by atoms with Crippen molar-refractivity contribution in [3.8, 4) is 0 Å². The minimum Gasteiger partial charge on any atom is -0.462 e. The molecule has 0 aliphatic heterocycles. The van der Waals surface area contributed by atoms with E-state index in [0.717, 1.165) is 83.5 Å². The van der Waals surface area contributed by atoms with Crippen molar-refractivity contribution in [2.45, 2.75) is 328 Å². The molecule has 0 aliphatic carbocycles. The first-order chi connectivity index (χ1) is 40.8. The van der Waals surface area contributed by atoms with Gasteiger partial charge in [-0.2, -0.15) is 0 Å². The van der Waals surface area contributed by atoms with Crippen molar-refractivity contribution in [1.82, 2.24) is 0 Å². The molecule has 0 aromatic rings. The Morgan fingerprint density at radius 1 is 0.361 bits per heavy atom. The molecule has 0 radical (unpaired) electrons. The van der Waals surface area contributed by atoms with Crippen LogP contribution in [-0.2, 0) is 32.7 Å². The average Bonchev–Trinajstić information content (AvgIpc) is 3.48. The van der Waals surface area contributed by atoms with Crippen molar-refractivity contribution in [3.63, 3.8) is 0 Å². The number of esters is 2. The van der Waals surface area contributed by atoms with Gasteiger partial charge in [-0.1, -0.05) is 317 Å². The van der Waals surface area contributed by atoms with E-state index >= 15 is 0 Å². The molecule has 480 valence electrons. The number of carbonyl (C=O) groups excluding carboxylic acids is 2. The molecule has 2 atom stereocenters. The molecule has 0 aromatic carbocycles. The lowest BCUT2D eigenvalue weighted by Gasteiger charge is -2.19. The first kappa shape index (κ1) is 79.9. The lowest BCUT2D eigenvalue weighted by Crippen LogP contribution is -2.29. The van der Waals surface area contributed by atoms with Gasteiger partial charge in [0.05, 0.1) is 13.2 Å². The highest BCUT2D eigenvalue weighted by Gasteiger charge is 2.26. The first-order valence-electron chi connectivity index (χ1n) is 34.7. The van der Waals surface area contributed by atoms with Gasteiger partial charge in [0.15, 0.2) is 6.10 Å². The van der Waals surface area contributed by atoms with Gasteiger partial charge in [-0.3, -0.25) is 18.6 Å². The predicted molar refractivity (Wildman–Crippen MR) is 358 cm³/mol. The fraction of sp³-hybridized carbons (Fsp3) is 0.753. The van der Waals surface area contributed by atoms with Crippen LogP contribution >= 0.6 is 7.82 Å². The van der Waals surface area contributed by atoms with Crippen LogP contribution in [-0.4, -0.2) is 49.3 Å². The highest BCUT2D eigenvalue weighted by Crippen LogP contribution is 2.43. The van der Waals surface area contributed by atoms with Gasteiger partial charge in [0, 0.05) is 19.4 Å². The van der Waals surface area contributed by atoms with Crippen LogP contribution in [0.3, 0.4) is 0 Å². The average molecular weight is 1180 g/mol. The lowest BCUT2D eigenvalue weighted by molar-refractivity contribution is -0.161. The number of rotatable bonds is 65. The molecule has 0 bridgehead atoms. The largest absolute Gasteiger partial charge is 0.472 e. The fourth-order valence-corrected chi connectivity index (χ4v) is 10.7. The molecule has 0 rings (SSSR count). The molecule has 10 heteroatoms. The quantitative estimate of drug-likeness (QED) is 0.0264. The van der Waals surface area contributed by atoms with Crippen molar-refractivity contribution in [2.75, 3.05) is 26.4 Å². The number of ether oxygens (including phenoxy) is 2. The summed E-state index contributed by atoms with van der Waals surface area (Å²) in [4.78, 5) is 35.4. The Morgan fingerprint density at radius 2 is 0.627 bits per heavy atom. The zero-order chi connectivity index (χ0) is 60.1. The molecule has 9 nitrogen and oxygen atoms in total. The summed E-state index contributed by atoms with van der Waals surface area (Å²) in [6, 6.07) is 0. The topological polar surface area (TPSA) is 134 Å². The Labute approximate surface area is 512 Å². The smallest absolute Gasteiger partial charge is 0.462 e. The van der Waals surface area contributed by atoms with E-state index in [1.165, 1.54) is 205 Å². The van der Waals surface area contributed by atoms with Gasteiger partial charge in [0.2, 0.25) is 0 Å². The standard InChI is InChI=1S/C73H130NO8P/c1-3-5-7-9-11-13-15-17-19-21-23-25-27-29-31-32-33-34-35-36-37-38-40-42-44-46-48-50-52-54-56-58-60-62-64-66-73(76)82-71(70-81-83(77,78)80-68-67-74)69-79-72(75)65-63-61-59-57-55-53-51-49-47-45-43-41-39-30-28-26-24-22-20-18-16-14-12-10-8-6-4-2/h5-8,11-14,17-20,23-26,71H,3-4,9-10,15-16,21-22,27-70,74H2,1-2H3,(H,77,78)/b7-5-,8-6-,13-11-,14-12-,19-17-,20-18-,25-23-,26-24-. The number of nitrogens with two attached hydrogens (primary N) is 1. The maximum Gasteiger partial charge on any atom is 0.472 e. The summed E-state index contributed by atoms with van der Waals surface area (Å²) in [5.41, 5.74) is 5.40. The minimum absolute atomic E-state index is 0.0522. The summed E-state index contributed by atoms with van der Waals surface area (Å²) < 4.78 is 33.2. The van der Waals surface area contributed by atoms with Crippen LogP contribution in [0.5, 0.6) is 0 Å². The normalized spacial score (nSPS) is 13.5. The van der Waals surface area contributed by atoms with E-state index in [2.05, 4.69) is 111 Å². The third-order valence-electron chi connectivity index (χ3n) is 15.0. The third kappa shape index (κ3) is 67.9. The lowest BCUT2D eigenvalue weighted by atomic mass is 10.0. The van der Waals surface area contributed by atoms with Crippen molar-refractivity contribution >= 4 is 19.8 Å². The SMILES string of the molecule is CC/C=C\C/C=C\C/C=C\C/C=C\CCCCCCCCCCCCCCCCCCCCCCCCC(=O)OC(COC(=O)CCCCCCCCCCCCCCCC/C=C\C/C=C\C/C=C\C/C=C\CC)COP(=O)(O)OCCN. The molecule has 0 saturated heterocycles. The summed E-state index contributed by atoms with van der Waals surface area (Å²) in [6.45, 7) is 3.56. The molecule has 0 heterocycles. The van der Waals surface area contributed by atoms with Gasteiger partial charge < -0.3 is 20.1 Å². The fourth-order valence-electron chi connectivity index (χ4n) is 9.92. The summed E-state index contributed by atoms with van der Waals surface area (Å²) in [7, 11) is -4.40. The van der Waals surface area contributed by atoms with E-state index < -0.39 is 26.5 Å². The molecule has 0 fully saturated rings. The molecule has 83 heavy (non-hydrogen) atoms. The first-order valence-corrected chi connectivity index (χ1v) is 36.2. The monoisotopic (exact) mass is 1180 g/mol. The van der Waals surface area contributed by atoms with Crippen LogP contribution in [0, 0.1) is 0 Å². The van der Waals surface area contributed by atoms with Crippen LogP contribution in [0.15, 0.2) is 97.2 Å². The second-order valence-electron chi connectivity index (χ2n) is 23.0. The van der Waals surface area contributed by atoms with Crippen LogP contribution in [0.4, 0.5) is 0 Å². The highest BCUT2D eigenvalue weighted by atomic mass is 31.2. The Bertz CT molecular complexity index is 1680. The Hall–Kier alpha value is -3.07. The van der Waals surface area contributed by atoms with Crippen molar-refractivity contribution in [3.05, 3.63) is 97.2 Å². The van der Waals surface area contributed by atoms with E-state index in [9.17, 15) is 19.0 Å². The second-order valence-corrected chi connectivity index (χ2v) is 24.4. The van der Waals surface area contributed by atoms with Gasteiger partial charge >= 0.3 is 19.8 Å². The van der Waals surface area contributed by atoms with Crippen LogP contribution in [0.25, 0.3) is 0 Å².